The highest BCUT2D eigenvalue weighted by atomic mass is 16.5. The van der Waals surface area contributed by atoms with Crippen LogP contribution in [0.25, 0.3) is 0 Å². The summed E-state index contributed by atoms with van der Waals surface area (Å²) in [7, 11) is 1.74. The molecule has 0 N–H and O–H groups in total. The standard InChI is InChI=1S/C41H58O/c1-34(2)19-13-22-37(5)25-16-28-38(6)26-14-23-35(3)20-11-12-21-36(4)24-15-27-39(7)29-17-30-40(8)31-18-32-41(9)33-42-10/h11-12,14-17,19-21,23-30,32H,13,18,22,31,33H2,1-10H3/b12-11+,23-14+,24-15+,28-16+,29-17+,35-20+,36-21+,37-25+,38-26+,39-27+,40-30+,41-32+. The van der Waals surface area contributed by atoms with Crippen molar-refractivity contribution in [2.24, 2.45) is 0 Å². The first-order valence-corrected chi connectivity index (χ1v) is 15.2. The van der Waals surface area contributed by atoms with Crippen molar-refractivity contribution in [3.63, 3.8) is 0 Å². The maximum atomic E-state index is 5.15. The molecular formula is C41H58O. The third-order valence-corrected chi connectivity index (χ3v) is 6.24. The molecule has 228 valence electrons. The highest BCUT2D eigenvalue weighted by molar-refractivity contribution is 5.32. The topological polar surface area (TPSA) is 9.23 Å². The molecule has 0 atom stereocenters. The lowest BCUT2D eigenvalue weighted by molar-refractivity contribution is 0.225. The molecule has 0 aliphatic heterocycles. The maximum Gasteiger partial charge on any atom is 0.0670 e. The van der Waals surface area contributed by atoms with Crippen molar-refractivity contribution in [2.75, 3.05) is 13.7 Å². The molecule has 0 saturated heterocycles. The average Bonchev–Trinajstić information content (AvgIpc) is 2.91. The Kier molecular flexibility index (Phi) is 23.2. The van der Waals surface area contributed by atoms with Crippen LogP contribution in [0, 0.1) is 0 Å². The molecule has 0 aliphatic rings. The van der Waals surface area contributed by atoms with E-state index in [4.69, 9.17) is 4.74 Å². The lowest BCUT2D eigenvalue weighted by atomic mass is 10.1. The van der Waals surface area contributed by atoms with E-state index in [1.165, 1.54) is 44.6 Å². The number of ether oxygens (including phenoxy) is 1. The Hall–Kier alpha value is -3.42. The van der Waals surface area contributed by atoms with E-state index in [1.807, 2.05) is 0 Å². The van der Waals surface area contributed by atoms with Gasteiger partial charge in [0.1, 0.15) is 0 Å². The minimum absolute atomic E-state index is 0.714. The Bertz CT molecular complexity index is 1180. The molecule has 0 bridgehead atoms. The molecule has 1 nitrogen and oxygen atoms in total. The third-order valence-electron chi connectivity index (χ3n) is 6.24. The summed E-state index contributed by atoms with van der Waals surface area (Å²) < 4.78 is 5.15. The van der Waals surface area contributed by atoms with Crippen LogP contribution in [-0.2, 0) is 4.74 Å². The number of methoxy groups -OCH3 is 1. The molecule has 0 saturated carbocycles. The van der Waals surface area contributed by atoms with E-state index in [2.05, 4.69) is 172 Å². The summed E-state index contributed by atoms with van der Waals surface area (Å²) in [6.45, 7) is 20.0. The lowest BCUT2D eigenvalue weighted by Crippen LogP contribution is -1.89. The molecular weight excluding hydrogens is 508 g/mol. The van der Waals surface area contributed by atoms with E-state index >= 15 is 0 Å². The van der Waals surface area contributed by atoms with Crippen molar-refractivity contribution in [3.8, 4) is 0 Å². The molecule has 0 radical (unpaired) electrons. The molecule has 0 aromatic rings. The van der Waals surface area contributed by atoms with E-state index < -0.39 is 0 Å². The van der Waals surface area contributed by atoms with Gasteiger partial charge >= 0.3 is 0 Å². The van der Waals surface area contributed by atoms with Crippen LogP contribution in [0.4, 0.5) is 0 Å². The molecule has 0 unspecified atom stereocenters. The van der Waals surface area contributed by atoms with E-state index in [0.717, 1.165) is 25.7 Å². The van der Waals surface area contributed by atoms with E-state index in [9.17, 15) is 0 Å². The van der Waals surface area contributed by atoms with Gasteiger partial charge in [-0.3, -0.25) is 0 Å². The molecule has 0 rings (SSSR count). The smallest absolute Gasteiger partial charge is 0.0670 e. The molecule has 0 spiro atoms. The Balaban J connectivity index is 4.70. The highest BCUT2D eigenvalue weighted by Gasteiger charge is 1.90. The summed E-state index contributed by atoms with van der Waals surface area (Å²) in [6.07, 6.45) is 43.1. The van der Waals surface area contributed by atoms with Crippen LogP contribution in [0.5, 0.6) is 0 Å². The van der Waals surface area contributed by atoms with Gasteiger partial charge in [0.2, 0.25) is 0 Å². The maximum absolute atomic E-state index is 5.15. The first-order chi connectivity index (χ1) is 20.0. The normalized spacial score (nSPS) is 15.5. The number of hydrogen-bond donors (Lipinski definition) is 0. The molecule has 0 aromatic carbocycles. The average molecular weight is 567 g/mol. The van der Waals surface area contributed by atoms with Gasteiger partial charge in [0.25, 0.3) is 0 Å². The molecule has 0 heterocycles. The fourth-order valence-electron chi connectivity index (χ4n) is 3.66. The second kappa shape index (κ2) is 25.3. The van der Waals surface area contributed by atoms with Gasteiger partial charge in [-0.25, -0.2) is 0 Å². The molecule has 0 aliphatic carbocycles. The van der Waals surface area contributed by atoms with Gasteiger partial charge in [-0.15, -0.1) is 0 Å². The Morgan fingerprint density at radius 1 is 0.429 bits per heavy atom. The molecule has 0 aromatic heterocycles. The number of rotatable bonds is 18. The van der Waals surface area contributed by atoms with Crippen LogP contribution in [0.15, 0.2) is 154 Å². The van der Waals surface area contributed by atoms with Crippen molar-refractivity contribution in [3.05, 3.63) is 154 Å². The van der Waals surface area contributed by atoms with Gasteiger partial charge < -0.3 is 4.74 Å². The van der Waals surface area contributed by atoms with Crippen LogP contribution in [0.2, 0.25) is 0 Å². The number of hydrogen-bond acceptors (Lipinski definition) is 1. The van der Waals surface area contributed by atoms with Crippen molar-refractivity contribution in [1.82, 2.24) is 0 Å². The zero-order valence-corrected chi connectivity index (χ0v) is 28.3. The van der Waals surface area contributed by atoms with Crippen LogP contribution >= 0.6 is 0 Å². The van der Waals surface area contributed by atoms with Crippen LogP contribution in [0.1, 0.15) is 88.0 Å². The van der Waals surface area contributed by atoms with Crippen molar-refractivity contribution >= 4 is 0 Å². The summed E-state index contributed by atoms with van der Waals surface area (Å²) in [5.74, 6) is 0. The van der Waals surface area contributed by atoms with E-state index in [0.29, 0.717) is 6.61 Å². The summed E-state index contributed by atoms with van der Waals surface area (Å²) in [5.41, 5.74) is 10.3. The predicted molar refractivity (Wildman–Crippen MR) is 192 cm³/mol. The largest absolute Gasteiger partial charge is 0.380 e. The van der Waals surface area contributed by atoms with Crippen LogP contribution in [0.3, 0.4) is 0 Å². The van der Waals surface area contributed by atoms with Crippen LogP contribution < -0.4 is 0 Å². The highest BCUT2D eigenvalue weighted by Crippen LogP contribution is 2.09. The lowest BCUT2D eigenvalue weighted by Gasteiger charge is -2.00. The first-order valence-electron chi connectivity index (χ1n) is 15.2. The molecule has 42 heavy (non-hydrogen) atoms. The Morgan fingerprint density at radius 2 is 0.786 bits per heavy atom. The monoisotopic (exact) mass is 566 g/mol. The quantitative estimate of drug-likeness (QED) is 0.118. The van der Waals surface area contributed by atoms with Gasteiger partial charge in [0.15, 0.2) is 0 Å². The minimum Gasteiger partial charge on any atom is -0.380 e. The summed E-state index contributed by atoms with van der Waals surface area (Å²) in [4.78, 5) is 0. The van der Waals surface area contributed by atoms with Gasteiger partial charge in [-0.2, -0.15) is 0 Å². The fourth-order valence-corrected chi connectivity index (χ4v) is 3.66. The molecule has 1 heteroatoms. The Labute approximate surface area is 259 Å². The van der Waals surface area contributed by atoms with Crippen molar-refractivity contribution in [1.29, 1.82) is 0 Å². The van der Waals surface area contributed by atoms with Crippen LogP contribution in [-0.4, -0.2) is 13.7 Å². The zero-order valence-electron chi connectivity index (χ0n) is 28.3. The second-order valence-corrected chi connectivity index (χ2v) is 11.3. The SMILES string of the molecule is COC/C(C)=C/CC/C(C)=C/C=C/C(C)=C/C=C/C(C)=C/C=C/C=C(C)/C=C/C=C(C)/C=C/C=C(\C)CCC=C(C)C. The van der Waals surface area contributed by atoms with Gasteiger partial charge in [-0.05, 0) is 88.0 Å². The number of allylic oxidation sites excluding steroid dienone is 25. The summed E-state index contributed by atoms with van der Waals surface area (Å²) >= 11 is 0. The van der Waals surface area contributed by atoms with Crippen molar-refractivity contribution < 1.29 is 4.74 Å². The zero-order chi connectivity index (χ0) is 31.6. The fraction of sp³-hybridized carbons (Fsp3) is 0.366. The third kappa shape index (κ3) is 25.5. The summed E-state index contributed by atoms with van der Waals surface area (Å²) in [6, 6.07) is 0. The van der Waals surface area contributed by atoms with E-state index in [1.54, 1.807) is 7.11 Å². The summed E-state index contributed by atoms with van der Waals surface area (Å²) in [5, 5.41) is 0. The van der Waals surface area contributed by atoms with Crippen molar-refractivity contribution in [2.45, 2.75) is 88.0 Å². The minimum atomic E-state index is 0.714. The van der Waals surface area contributed by atoms with Gasteiger partial charge in [-0.1, -0.05) is 154 Å². The first kappa shape index (κ1) is 38.6. The Morgan fingerprint density at radius 3 is 1.17 bits per heavy atom. The second-order valence-electron chi connectivity index (χ2n) is 11.3. The van der Waals surface area contributed by atoms with Gasteiger partial charge in [0.05, 0.1) is 6.61 Å². The molecule has 0 amide bonds. The predicted octanol–water partition coefficient (Wildman–Crippen LogP) is 12.6. The molecule has 0 fully saturated rings. The van der Waals surface area contributed by atoms with Gasteiger partial charge in [0, 0.05) is 7.11 Å². The van der Waals surface area contributed by atoms with E-state index in [-0.39, 0.29) is 0 Å².